The maximum absolute atomic E-state index is 14.1. The van der Waals surface area contributed by atoms with E-state index in [-0.39, 0.29) is 59.0 Å². The van der Waals surface area contributed by atoms with Crippen molar-refractivity contribution in [1.29, 1.82) is 0 Å². The van der Waals surface area contributed by atoms with Crippen LogP contribution in [0.15, 0.2) is 24.3 Å². The Hall–Kier alpha value is -5.56. The van der Waals surface area contributed by atoms with Crippen LogP contribution in [0.5, 0.6) is 11.5 Å². The molecule has 2 fully saturated rings. The molecule has 8 rings (SSSR count). The number of H-pyrrole nitrogens is 2. The van der Waals surface area contributed by atoms with E-state index in [0.29, 0.717) is 73.7 Å². The molecule has 0 unspecified atom stereocenters. The number of nitrogens with zero attached hydrogens (tertiary/aromatic N) is 4. The Labute approximate surface area is 392 Å². The first-order valence-electron chi connectivity index (χ1n) is 22.0. The van der Waals surface area contributed by atoms with Crippen molar-refractivity contribution in [1.82, 2.24) is 40.4 Å². The third-order valence-corrected chi connectivity index (χ3v) is 13.4. The van der Waals surface area contributed by atoms with Crippen LogP contribution in [0.3, 0.4) is 0 Å². The smallest absolute Gasteiger partial charge is 0.407 e. The molecule has 2 saturated heterocycles. The molecule has 0 spiro atoms. The number of benzene rings is 2. The summed E-state index contributed by atoms with van der Waals surface area (Å²) < 4.78 is 33.5. The Morgan fingerprint density at radius 3 is 1.42 bits per heavy atom. The number of amides is 4. The van der Waals surface area contributed by atoms with Gasteiger partial charge in [0.15, 0.2) is 10.3 Å². The van der Waals surface area contributed by atoms with Crippen LogP contribution in [-0.2, 0) is 41.8 Å². The summed E-state index contributed by atoms with van der Waals surface area (Å²) in [4.78, 5) is 72.4. The molecule has 6 atom stereocenters. The number of likely N-dealkylation sites (tertiary alicyclic amines) is 2. The zero-order valence-corrected chi connectivity index (χ0v) is 39.7. The lowest BCUT2D eigenvalue weighted by molar-refractivity contribution is -0.136. The molecular weight excluding hydrogens is 895 g/mol. The topological polar surface area (TPSA) is 212 Å². The highest BCUT2D eigenvalue weighted by molar-refractivity contribution is 6.32. The standard InChI is InChI=1S/C46H56Cl2N8O10/c1-21(2)35(51-45(59)63-7)43(57)55-15-23(17-61-5)9-29(55)41-49-37(39(47)53-41)25-11-27-19-66-32-14-26(12-28-20-65-31(13-25)33(27)34(28)32)38-40(48)54-42(50-38)30-10-24(18-62-6)16-56(30)44(58)36(22(3)4)52-46(60)64-8/h11-14,21-24,29-30,35-36H,9-10,15-20H2,1-8H3,(H,49,53)(H,50,54)(H,51,59)(H,52,60)/t23-,24-,29-,30-,35-,36-/m0/s1. The molecule has 354 valence electrons. The second-order valence-electron chi connectivity index (χ2n) is 18.0. The van der Waals surface area contributed by atoms with Crippen LogP contribution in [0.2, 0.25) is 10.3 Å². The minimum atomic E-state index is -0.814. The molecular formula is C46H56Cl2N8O10. The maximum atomic E-state index is 14.1. The van der Waals surface area contributed by atoms with E-state index in [9.17, 15) is 19.2 Å². The SMILES string of the molecule is COC[C@H]1C[C@@H](c2nc(Cl)c(-c3cc4c5c(c3)OCc3cc(-c6[nH]c([C@@H]7C[C@H](COC)CN7C(=O)[C@@H](NC(=O)OC)C(C)C)nc6Cl)cc(c3-5)OC4)[nH]2)N(C(=O)[C@@H](NC(=O)OC)C(C)C)C1. The molecule has 18 nitrogen and oxygen atoms in total. The second-order valence-corrected chi connectivity index (χ2v) is 18.7. The summed E-state index contributed by atoms with van der Waals surface area (Å²) in [5.41, 5.74) is 6.22. The molecule has 0 aliphatic carbocycles. The van der Waals surface area contributed by atoms with Gasteiger partial charge in [-0.3, -0.25) is 9.59 Å². The summed E-state index contributed by atoms with van der Waals surface area (Å²) in [7, 11) is 5.78. The number of carbonyl (C=O) groups is 4. The maximum Gasteiger partial charge on any atom is 0.407 e. The minimum Gasteiger partial charge on any atom is -0.488 e. The molecule has 6 heterocycles. The molecule has 0 radical (unpaired) electrons. The average Bonchev–Trinajstić information content (AvgIpc) is 4.10. The number of methoxy groups -OCH3 is 4. The summed E-state index contributed by atoms with van der Waals surface area (Å²) in [5.74, 6) is 1.50. The van der Waals surface area contributed by atoms with Crippen LogP contribution in [0.1, 0.15) is 75.4 Å². The van der Waals surface area contributed by atoms with Crippen molar-refractivity contribution in [2.45, 2.75) is 77.9 Å². The second kappa shape index (κ2) is 19.3. The lowest BCUT2D eigenvalue weighted by Crippen LogP contribution is -2.51. The predicted molar refractivity (Wildman–Crippen MR) is 243 cm³/mol. The fourth-order valence-corrected chi connectivity index (χ4v) is 10.2. The molecule has 2 aromatic heterocycles. The predicted octanol–water partition coefficient (Wildman–Crippen LogP) is 7.06. The van der Waals surface area contributed by atoms with Crippen LogP contribution < -0.4 is 20.1 Å². The van der Waals surface area contributed by atoms with Gasteiger partial charge in [0, 0.05) is 72.5 Å². The third-order valence-electron chi connectivity index (χ3n) is 12.9. The van der Waals surface area contributed by atoms with E-state index >= 15 is 0 Å². The normalized spacial score (nSPS) is 20.4. The number of imidazole rings is 2. The van der Waals surface area contributed by atoms with Gasteiger partial charge in [-0.15, -0.1) is 0 Å². The van der Waals surface area contributed by atoms with Crippen molar-refractivity contribution in [3.05, 3.63) is 57.3 Å². The van der Waals surface area contributed by atoms with E-state index in [0.717, 1.165) is 33.4 Å². The number of halogens is 2. The largest absolute Gasteiger partial charge is 0.488 e. The zero-order chi connectivity index (χ0) is 47.1. The van der Waals surface area contributed by atoms with E-state index < -0.39 is 36.4 Å². The number of carbonyl (C=O) groups excluding carboxylic acids is 4. The van der Waals surface area contributed by atoms with Gasteiger partial charge in [0.25, 0.3) is 0 Å². The molecule has 0 bridgehead atoms. The number of aromatic nitrogens is 4. The molecule has 4 aliphatic heterocycles. The molecule has 4 amide bonds. The van der Waals surface area contributed by atoms with E-state index in [2.05, 4.69) is 20.6 Å². The Morgan fingerprint density at radius 1 is 0.682 bits per heavy atom. The van der Waals surface area contributed by atoms with E-state index in [1.807, 2.05) is 52.0 Å². The average molecular weight is 952 g/mol. The third kappa shape index (κ3) is 8.99. The van der Waals surface area contributed by atoms with Crippen molar-refractivity contribution in [3.8, 4) is 45.1 Å². The molecule has 66 heavy (non-hydrogen) atoms. The number of aromatic amines is 2. The highest BCUT2D eigenvalue weighted by Gasteiger charge is 2.44. The first-order chi connectivity index (χ1) is 31.6. The van der Waals surface area contributed by atoms with Gasteiger partial charge in [-0.25, -0.2) is 19.6 Å². The molecule has 4 N–H and O–H groups in total. The Bertz CT molecular complexity index is 2290. The van der Waals surface area contributed by atoms with Crippen molar-refractivity contribution in [2.24, 2.45) is 23.7 Å². The lowest BCUT2D eigenvalue weighted by atomic mass is 9.87. The van der Waals surface area contributed by atoms with Gasteiger partial charge in [0.1, 0.15) is 48.4 Å². The first kappa shape index (κ1) is 47.0. The van der Waals surface area contributed by atoms with Gasteiger partial charge in [-0.2, -0.15) is 0 Å². The van der Waals surface area contributed by atoms with Crippen LogP contribution in [-0.4, -0.2) is 121 Å². The van der Waals surface area contributed by atoms with Gasteiger partial charge >= 0.3 is 12.2 Å². The van der Waals surface area contributed by atoms with E-state index in [1.165, 1.54) is 14.2 Å². The molecule has 20 heteroatoms. The quantitative estimate of drug-likeness (QED) is 0.100. The number of nitrogens with one attached hydrogen (secondary N) is 4. The number of hydrogen-bond donors (Lipinski definition) is 4. The Kier molecular flexibility index (Phi) is 13.8. The summed E-state index contributed by atoms with van der Waals surface area (Å²) >= 11 is 13.8. The Morgan fingerprint density at radius 2 is 1.08 bits per heavy atom. The summed E-state index contributed by atoms with van der Waals surface area (Å²) in [6, 6.07) is 5.34. The summed E-state index contributed by atoms with van der Waals surface area (Å²) in [5, 5.41) is 5.87. The molecule has 4 aliphatic rings. The van der Waals surface area contributed by atoms with Crippen LogP contribution in [0.4, 0.5) is 9.59 Å². The van der Waals surface area contributed by atoms with Gasteiger partial charge in [0.2, 0.25) is 11.8 Å². The zero-order valence-electron chi connectivity index (χ0n) is 38.2. The lowest BCUT2D eigenvalue weighted by Gasteiger charge is -2.30. The summed E-state index contributed by atoms with van der Waals surface area (Å²) in [6.45, 7) is 9.65. The molecule has 2 aromatic carbocycles. The van der Waals surface area contributed by atoms with Crippen molar-refractivity contribution in [2.75, 3.05) is 54.7 Å². The number of ether oxygens (including phenoxy) is 6. The van der Waals surface area contributed by atoms with Gasteiger partial charge in [-0.05, 0) is 48.9 Å². The molecule has 0 saturated carbocycles. The van der Waals surface area contributed by atoms with Crippen molar-refractivity contribution in [3.63, 3.8) is 0 Å². The van der Waals surface area contributed by atoms with Crippen LogP contribution in [0.25, 0.3) is 33.6 Å². The number of alkyl carbamates (subject to hydrolysis) is 2. The van der Waals surface area contributed by atoms with Crippen molar-refractivity contribution >= 4 is 47.2 Å². The monoisotopic (exact) mass is 950 g/mol. The highest BCUT2D eigenvalue weighted by atomic mass is 35.5. The van der Waals surface area contributed by atoms with E-state index in [4.69, 9.17) is 61.6 Å². The number of rotatable bonds is 14. The summed E-state index contributed by atoms with van der Waals surface area (Å²) in [6.07, 6.45) is -0.215. The highest BCUT2D eigenvalue weighted by Crippen LogP contribution is 2.52. The van der Waals surface area contributed by atoms with Crippen LogP contribution >= 0.6 is 23.2 Å². The van der Waals surface area contributed by atoms with Gasteiger partial charge in [0.05, 0.1) is 50.9 Å². The Balaban J connectivity index is 1.07. The number of hydrogen-bond acceptors (Lipinski definition) is 12. The van der Waals surface area contributed by atoms with Crippen LogP contribution in [0, 0.1) is 23.7 Å². The van der Waals surface area contributed by atoms with Crippen molar-refractivity contribution < 1.29 is 47.6 Å². The van der Waals surface area contributed by atoms with Gasteiger partial charge in [-0.1, -0.05) is 50.9 Å². The fraction of sp³-hybridized carbons (Fsp3) is 0.522. The minimum absolute atomic E-state index is 0.0325. The molecule has 4 aromatic rings. The first-order valence-corrected chi connectivity index (χ1v) is 22.8. The van der Waals surface area contributed by atoms with E-state index in [1.54, 1.807) is 24.0 Å². The van der Waals surface area contributed by atoms with Gasteiger partial charge < -0.3 is 58.8 Å². The fourth-order valence-electron chi connectivity index (χ4n) is 9.73.